The van der Waals surface area contributed by atoms with Crippen molar-refractivity contribution < 1.29 is 4.39 Å². The number of nitriles is 1. The number of benzene rings is 2. The molecule has 1 nitrogen and oxygen atoms in total. The molecule has 0 aliphatic heterocycles. The first-order valence-corrected chi connectivity index (χ1v) is 5.00. The molecule has 2 rings (SSSR count). The molecular formula is C14H10FN. The Labute approximate surface area is 93.8 Å². The molecule has 1 unspecified atom stereocenters. The Morgan fingerprint density at radius 3 is 2.00 bits per heavy atom. The van der Waals surface area contributed by atoms with Gasteiger partial charge in [-0.1, -0.05) is 54.6 Å². The van der Waals surface area contributed by atoms with Crippen molar-refractivity contribution in [3.8, 4) is 17.2 Å². The van der Waals surface area contributed by atoms with E-state index in [9.17, 15) is 4.39 Å². The highest BCUT2D eigenvalue weighted by molar-refractivity contribution is 5.63. The Morgan fingerprint density at radius 2 is 1.44 bits per heavy atom. The van der Waals surface area contributed by atoms with Crippen LogP contribution in [-0.4, -0.2) is 0 Å². The fourth-order valence-electron chi connectivity index (χ4n) is 1.55. The molecule has 0 aromatic heterocycles. The van der Waals surface area contributed by atoms with Crippen molar-refractivity contribution in [2.45, 2.75) is 6.17 Å². The van der Waals surface area contributed by atoms with Crippen molar-refractivity contribution in [3.63, 3.8) is 0 Å². The summed E-state index contributed by atoms with van der Waals surface area (Å²) in [6.07, 6.45) is -1.54. The summed E-state index contributed by atoms with van der Waals surface area (Å²) in [5, 5.41) is 8.45. The Bertz CT molecular complexity index is 497. The molecule has 0 fully saturated rings. The van der Waals surface area contributed by atoms with Gasteiger partial charge in [0.25, 0.3) is 0 Å². The van der Waals surface area contributed by atoms with Crippen LogP contribution in [0.1, 0.15) is 11.7 Å². The van der Waals surface area contributed by atoms with Crippen molar-refractivity contribution >= 4 is 0 Å². The van der Waals surface area contributed by atoms with Gasteiger partial charge >= 0.3 is 0 Å². The lowest BCUT2D eigenvalue weighted by molar-refractivity contribution is 0.424. The van der Waals surface area contributed by atoms with Crippen molar-refractivity contribution in [1.29, 1.82) is 5.26 Å². The number of alkyl halides is 1. The summed E-state index contributed by atoms with van der Waals surface area (Å²) in [7, 11) is 0. The van der Waals surface area contributed by atoms with E-state index < -0.39 is 6.17 Å². The van der Waals surface area contributed by atoms with Gasteiger partial charge in [-0.2, -0.15) is 5.26 Å². The van der Waals surface area contributed by atoms with Gasteiger partial charge in [0.15, 0.2) is 0 Å². The molecule has 0 spiro atoms. The minimum atomic E-state index is -1.54. The minimum Gasteiger partial charge on any atom is -0.226 e. The summed E-state index contributed by atoms with van der Waals surface area (Å²) >= 11 is 0. The van der Waals surface area contributed by atoms with E-state index in [1.165, 1.54) is 0 Å². The van der Waals surface area contributed by atoms with Gasteiger partial charge in [0.2, 0.25) is 6.17 Å². The van der Waals surface area contributed by atoms with E-state index in [4.69, 9.17) is 5.26 Å². The summed E-state index contributed by atoms with van der Waals surface area (Å²) in [5.41, 5.74) is 2.51. The summed E-state index contributed by atoms with van der Waals surface area (Å²) in [6.45, 7) is 0. The third kappa shape index (κ3) is 2.09. The second-order valence-electron chi connectivity index (χ2n) is 3.48. The summed E-state index contributed by atoms with van der Waals surface area (Å²) < 4.78 is 13.0. The van der Waals surface area contributed by atoms with Crippen LogP contribution >= 0.6 is 0 Å². The zero-order chi connectivity index (χ0) is 11.4. The molecule has 0 aliphatic rings. The molecule has 78 valence electrons. The maximum Gasteiger partial charge on any atom is 0.211 e. The van der Waals surface area contributed by atoms with E-state index >= 15 is 0 Å². The minimum absolute atomic E-state index is 0.405. The van der Waals surface area contributed by atoms with Crippen LogP contribution < -0.4 is 0 Å². The van der Waals surface area contributed by atoms with Gasteiger partial charge in [0, 0.05) is 5.56 Å². The van der Waals surface area contributed by atoms with Gasteiger partial charge < -0.3 is 0 Å². The summed E-state index contributed by atoms with van der Waals surface area (Å²) in [6, 6.07) is 18.4. The highest BCUT2D eigenvalue weighted by atomic mass is 19.1. The lowest BCUT2D eigenvalue weighted by Crippen LogP contribution is -1.87. The molecular weight excluding hydrogens is 201 g/mol. The first-order valence-electron chi connectivity index (χ1n) is 5.00. The quantitative estimate of drug-likeness (QED) is 0.739. The fraction of sp³-hybridized carbons (Fsp3) is 0.0714. The Morgan fingerprint density at radius 1 is 0.875 bits per heavy atom. The number of hydrogen-bond acceptors (Lipinski definition) is 1. The van der Waals surface area contributed by atoms with Crippen molar-refractivity contribution in [2.24, 2.45) is 0 Å². The number of halogens is 1. The molecule has 0 saturated heterocycles. The van der Waals surface area contributed by atoms with Gasteiger partial charge in [-0.05, 0) is 11.1 Å². The van der Waals surface area contributed by atoms with Crippen molar-refractivity contribution in [2.75, 3.05) is 0 Å². The normalized spacial score (nSPS) is 11.8. The van der Waals surface area contributed by atoms with Crippen LogP contribution in [0.2, 0.25) is 0 Å². The van der Waals surface area contributed by atoms with Crippen LogP contribution in [0.3, 0.4) is 0 Å². The molecule has 0 radical (unpaired) electrons. The van der Waals surface area contributed by atoms with Gasteiger partial charge in [0.1, 0.15) is 6.07 Å². The van der Waals surface area contributed by atoms with Gasteiger partial charge in [0.05, 0.1) is 0 Å². The fourth-order valence-corrected chi connectivity index (χ4v) is 1.55. The molecule has 0 aliphatic carbocycles. The van der Waals surface area contributed by atoms with Crippen LogP contribution in [0.4, 0.5) is 4.39 Å². The molecule has 2 heteroatoms. The summed E-state index contributed by atoms with van der Waals surface area (Å²) in [4.78, 5) is 0. The molecule has 16 heavy (non-hydrogen) atoms. The lowest BCUT2D eigenvalue weighted by atomic mass is 10.0. The van der Waals surface area contributed by atoms with Crippen LogP contribution in [0.5, 0.6) is 0 Å². The predicted octanol–water partition coefficient (Wildman–Crippen LogP) is 3.89. The molecule has 2 aromatic rings. The zero-order valence-corrected chi connectivity index (χ0v) is 8.60. The maximum absolute atomic E-state index is 13.0. The highest BCUT2D eigenvalue weighted by Crippen LogP contribution is 2.22. The summed E-state index contributed by atoms with van der Waals surface area (Å²) in [5.74, 6) is 0. The molecule has 0 amide bonds. The maximum atomic E-state index is 13.0. The number of rotatable bonds is 2. The Kier molecular flexibility index (Phi) is 2.98. The van der Waals surface area contributed by atoms with Crippen LogP contribution in [0.25, 0.3) is 11.1 Å². The third-order valence-electron chi connectivity index (χ3n) is 2.42. The van der Waals surface area contributed by atoms with Crippen LogP contribution in [0.15, 0.2) is 54.6 Å². The van der Waals surface area contributed by atoms with Crippen LogP contribution in [-0.2, 0) is 0 Å². The van der Waals surface area contributed by atoms with E-state index in [-0.39, 0.29) is 0 Å². The predicted molar refractivity (Wildman–Crippen MR) is 61.3 cm³/mol. The first-order chi connectivity index (χ1) is 7.81. The van der Waals surface area contributed by atoms with Gasteiger partial charge in [-0.15, -0.1) is 0 Å². The average Bonchev–Trinajstić information content (AvgIpc) is 2.39. The van der Waals surface area contributed by atoms with E-state index in [1.807, 2.05) is 42.5 Å². The Balaban J connectivity index is 2.31. The molecule has 2 aromatic carbocycles. The highest BCUT2D eigenvalue weighted by Gasteiger charge is 2.07. The van der Waals surface area contributed by atoms with E-state index in [0.717, 1.165) is 11.1 Å². The topological polar surface area (TPSA) is 23.8 Å². The SMILES string of the molecule is N#CC(F)c1ccc(-c2ccccc2)cc1. The van der Waals surface area contributed by atoms with Crippen LogP contribution in [0, 0.1) is 11.3 Å². The molecule has 1 atom stereocenters. The second-order valence-corrected chi connectivity index (χ2v) is 3.48. The lowest BCUT2D eigenvalue weighted by Gasteiger charge is -2.03. The molecule has 0 saturated carbocycles. The van der Waals surface area contributed by atoms with Crippen molar-refractivity contribution in [3.05, 3.63) is 60.2 Å². The average molecular weight is 211 g/mol. The number of hydrogen-bond donors (Lipinski definition) is 0. The number of nitrogens with zero attached hydrogens (tertiary/aromatic N) is 1. The zero-order valence-electron chi connectivity index (χ0n) is 8.60. The van der Waals surface area contributed by atoms with E-state index in [0.29, 0.717) is 5.56 Å². The first kappa shape index (κ1) is 10.4. The van der Waals surface area contributed by atoms with Gasteiger partial charge in [-0.25, -0.2) is 4.39 Å². The smallest absolute Gasteiger partial charge is 0.211 e. The Hall–Kier alpha value is -2.14. The van der Waals surface area contributed by atoms with E-state index in [2.05, 4.69) is 0 Å². The van der Waals surface area contributed by atoms with E-state index in [1.54, 1.807) is 18.2 Å². The van der Waals surface area contributed by atoms with Gasteiger partial charge in [-0.3, -0.25) is 0 Å². The second kappa shape index (κ2) is 4.59. The third-order valence-corrected chi connectivity index (χ3v) is 2.42. The molecule has 0 bridgehead atoms. The standard InChI is InChI=1S/C14H10FN/c15-14(10-16)13-8-6-12(7-9-13)11-4-2-1-3-5-11/h1-9,14H. The monoisotopic (exact) mass is 211 g/mol. The molecule has 0 N–H and O–H groups in total. The molecule has 0 heterocycles. The van der Waals surface area contributed by atoms with Crippen molar-refractivity contribution in [1.82, 2.24) is 0 Å². The largest absolute Gasteiger partial charge is 0.226 e.